The Balaban J connectivity index is 3.18. The van der Waals surface area contributed by atoms with Crippen molar-refractivity contribution in [2.45, 2.75) is 17.9 Å². The average Bonchev–Trinajstić information content (AvgIpc) is 2.28. The highest BCUT2D eigenvalue weighted by molar-refractivity contribution is 9.10. The predicted molar refractivity (Wildman–Crippen MR) is 69.5 cm³/mol. The van der Waals surface area contributed by atoms with Crippen molar-refractivity contribution < 1.29 is 13.2 Å². The monoisotopic (exact) mass is 322 g/mol. The van der Waals surface area contributed by atoms with E-state index in [-0.39, 0.29) is 17.5 Å². The highest BCUT2D eigenvalue weighted by Crippen LogP contribution is 2.27. The van der Waals surface area contributed by atoms with Gasteiger partial charge in [-0.3, -0.25) is 0 Å². The van der Waals surface area contributed by atoms with Crippen LogP contribution in [0.2, 0.25) is 0 Å². The van der Waals surface area contributed by atoms with Crippen molar-refractivity contribution in [2.24, 2.45) is 5.73 Å². The van der Waals surface area contributed by atoms with E-state index in [0.717, 1.165) is 0 Å². The molecule has 0 amide bonds. The van der Waals surface area contributed by atoms with Crippen molar-refractivity contribution >= 4 is 26.0 Å². The first-order valence-corrected chi connectivity index (χ1v) is 7.24. The quantitative estimate of drug-likeness (QED) is 0.850. The van der Waals surface area contributed by atoms with Crippen LogP contribution in [-0.2, 0) is 10.0 Å². The van der Waals surface area contributed by atoms with E-state index in [1.54, 1.807) is 19.1 Å². The topological polar surface area (TPSA) is 81.4 Å². The fourth-order valence-electron chi connectivity index (χ4n) is 1.24. The van der Waals surface area contributed by atoms with Gasteiger partial charge in [-0.15, -0.1) is 0 Å². The van der Waals surface area contributed by atoms with Crippen LogP contribution in [0.4, 0.5) is 0 Å². The van der Waals surface area contributed by atoms with Crippen molar-refractivity contribution in [3.8, 4) is 5.75 Å². The molecule has 1 aromatic carbocycles. The highest BCUT2D eigenvalue weighted by Gasteiger charge is 2.21. The Labute approximate surface area is 110 Å². The van der Waals surface area contributed by atoms with Crippen LogP contribution in [-0.4, -0.2) is 28.1 Å². The molecule has 0 aliphatic heterocycles. The zero-order valence-corrected chi connectivity index (χ0v) is 12.0. The lowest BCUT2D eigenvalue weighted by molar-refractivity contribution is 0.402. The number of rotatable bonds is 5. The lowest BCUT2D eigenvalue weighted by Crippen LogP contribution is -2.37. The first-order chi connectivity index (χ1) is 7.90. The van der Waals surface area contributed by atoms with Crippen LogP contribution < -0.4 is 15.2 Å². The SMILES string of the molecule is COc1ccc(Br)cc1S(=O)(=O)N[C@@H](C)CN. The van der Waals surface area contributed by atoms with E-state index < -0.39 is 10.0 Å². The molecule has 1 rings (SSSR count). The largest absolute Gasteiger partial charge is 0.495 e. The Morgan fingerprint density at radius 3 is 2.71 bits per heavy atom. The van der Waals surface area contributed by atoms with Gasteiger partial charge >= 0.3 is 0 Å². The second-order valence-electron chi connectivity index (χ2n) is 3.55. The number of methoxy groups -OCH3 is 1. The number of benzene rings is 1. The summed E-state index contributed by atoms with van der Waals surface area (Å²) in [6.07, 6.45) is 0. The molecule has 7 heteroatoms. The summed E-state index contributed by atoms with van der Waals surface area (Å²) in [7, 11) is -2.20. The third-order valence-electron chi connectivity index (χ3n) is 2.13. The summed E-state index contributed by atoms with van der Waals surface area (Å²) in [6.45, 7) is 1.93. The van der Waals surface area contributed by atoms with Crippen molar-refractivity contribution in [1.82, 2.24) is 4.72 Å². The summed E-state index contributed by atoms with van der Waals surface area (Å²) in [5.41, 5.74) is 5.39. The van der Waals surface area contributed by atoms with Crippen LogP contribution in [0.1, 0.15) is 6.92 Å². The van der Waals surface area contributed by atoms with Gasteiger partial charge in [0.1, 0.15) is 10.6 Å². The zero-order valence-electron chi connectivity index (χ0n) is 9.60. The van der Waals surface area contributed by atoms with Crippen LogP contribution >= 0.6 is 15.9 Å². The van der Waals surface area contributed by atoms with Gasteiger partial charge in [-0.1, -0.05) is 15.9 Å². The van der Waals surface area contributed by atoms with Gasteiger partial charge in [-0.05, 0) is 25.1 Å². The molecule has 17 heavy (non-hydrogen) atoms. The predicted octanol–water partition coefficient (Wildman–Crippen LogP) is 1.08. The number of nitrogens with one attached hydrogen (secondary N) is 1. The molecule has 1 aromatic rings. The molecule has 0 saturated carbocycles. The number of nitrogens with two attached hydrogens (primary N) is 1. The second-order valence-corrected chi connectivity index (χ2v) is 6.15. The number of hydrogen-bond donors (Lipinski definition) is 2. The van der Waals surface area contributed by atoms with Crippen molar-refractivity contribution in [1.29, 1.82) is 0 Å². The van der Waals surface area contributed by atoms with Gasteiger partial charge in [0.05, 0.1) is 7.11 Å². The van der Waals surface area contributed by atoms with Crippen LogP contribution in [0.3, 0.4) is 0 Å². The number of halogens is 1. The minimum absolute atomic E-state index is 0.0923. The lowest BCUT2D eigenvalue weighted by atomic mass is 10.3. The summed E-state index contributed by atoms with van der Waals surface area (Å²) in [5.74, 6) is 0.296. The smallest absolute Gasteiger partial charge is 0.244 e. The maximum Gasteiger partial charge on any atom is 0.244 e. The Morgan fingerprint density at radius 1 is 1.53 bits per heavy atom. The third-order valence-corrected chi connectivity index (χ3v) is 4.23. The maximum absolute atomic E-state index is 12.1. The fraction of sp³-hybridized carbons (Fsp3) is 0.400. The molecule has 0 aliphatic carbocycles. The summed E-state index contributed by atoms with van der Waals surface area (Å²) in [4.78, 5) is 0.0923. The molecule has 3 N–H and O–H groups in total. The molecular weight excluding hydrogens is 308 g/mol. The van der Waals surface area contributed by atoms with Crippen LogP contribution in [0.5, 0.6) is 5.75 Å². The van der Waals surface area contributed by atoms with E-state index in [9.17, 15) is 8.42 Å². The molecule has 0 radical (unpaired) electrons. The Hall–Kier alpha value is -0.630. The third kappa shape index (κ3) is 3.67. The number of hydrogen-bond acceptors (Lipinski definition) is 4. The summed E-state index contributed by atoms with van der Waals surface area (Å²) >= 11 is 3.23. The summed E-state index contributed by atoms with van der Waals surface area (Å²) in [5, 5.41) is 0. The molecule has 0 aliphatic rings. The fourth-order valence-corrected chi connectivity index (χ4v) is 3.20. The molecule has 0 saturated heterocycles. The molecule has 96 valence electrons. The van der Waals surface area contributed by atoms with Crippen LogP contribution in [0.15, 0.2) is 27.6 Å². The highest BCUT2D eigenvalue weighted by atomic mass is 79.9. The molecule has 5 nitrogen and oxygen atoms in total. The Bertz CT molecular complexity index is 490. The Morgan fingerprint density at radius 2 is 2.18 bits per heavy atom. The van der Waals surface area contributed by atoms with Gasteiger partial charge in [0, 0.05) is 17.1 Å². The van der Waals surface area contributed by atoms with E-state index in [1.807, 2.05) is 0 Å². The van der Waals surface area contributed by atoms with Gasteiger partial charge in [0.2, 0.25) is 10.0 Å². The normalized spacial score (nSPS) is 13.4. The molecule has 0 spiro atoms. The number of ether oxygens (including phenoxy) is 1. The first kappa shape index (κ1) is 14.4. The van der Waals surface area contributed by atoms with Gasteiger partial charge in [-0.25, -0.2) is 13.1 Å². The second kappa shape index (κ2) is 5.81. The molecule has 0 aromatic heterocycles. The van der Waals surface area contributed by atoms with Crippen molar-refractivity contribution in [3.63, 3.8) is 0 Å². The van der Waals surface area contributed by atoms with Gasteiger partial charge in [0.15, 0.2) is 0 Å². The molecule has 0 heterocycles. The van der Waals surface area contributed by atoms with Crippen LogP contribution in [0, 0.1) is 0 Å². The summed E-state index contributed by atoms with van der Waals surface area (Å²) in [6, 6.07) is 4.46. The molecule has 0 unspecified atom stereocenters. The van der Waals surface area contributed by atoms with E-state index >= 15 is 0 Å². The zero-order chi connectivity index (χ0) is 13.1. The van der Waals surface area contributed by atoms with Gasteiger partial charge in [-0.2, -0.15) is 0 Å². The summed E-state index contributed by atoms with van der Waals surface area (Å²) < 4.78 is 32.3. The standard InChI is InChI=1S/C10H15BrN2O3S/c1-7(6-12)13-17(14,15)10-5-8(11)3-4-9(10)16-2/h3-5,7,13H,6,12H2,1-2H3/t7-/m0/s1. The van der Waals surface area contributed by atoms with Crippen molar-refractivity contribution in [2.75, 3.05) is 13.7 Å². The van der Waals surface area contributed by atoms with Gasteiger partial charge in [0.25, 0.3) is 0 Å². The Kier molecular flexibility index (Phi) is 4.93. The minimum atomic E-state index is -3.62. The van der Waals surface area contributed by atoms with Gasteiger partial charge < -0.3 is 10.5 Å². The average molecular weight is 323 g/mol. The van der Waals surface area contributed by atoms with E-state index in [1.165, 1.54) is 13.2 Å². The molecule has 0 bridgehead atoms. The minimum Gasteiger partial charge on any atom is -0.495 e. The first-order valence-electron chi connectivity index (χ1n) is 4.96. The van der Waals surface area contributed by atoms with E-state index in [4.69, 9.17) is 10.5 Å². The molecule has 0 fully saturated rings. The molecular formula is C10H15BrN2O3S. The lowest BCUT2D eigenvalue weighted by Gasteiger charge is -2.14. The van der Waals surface area contributed by atoms with Crippen LogP contribution in [0.25, 0.3) is 0 Å². The van der Waals surface area contributed by atoms with Crippen molar-refractivity contribution in [3.05, 3.63) is 22.7 Å². The van der Waals surface area contributed by atoms with E-state index in [2.05, 4.69) is 20.7 Å². The maximum atomic E-state index is 12.1. The van der Waals surface area contributed by atoms with E-state index in [0.29, 0.717) is 10.2 Å². The number of sulfonamides is 1. The molecule has 1 atom stereocenters.